The Kier molecular flexibility index (Phi) is 4.58. The summed E-state index contributed by atoms with van der Waals surface area (Å²) in [5.74, 6) is 0.750. The van der Waals surface area contributed by atoms with Crippen molar-refractivity contribution in [2.45, 2.75) is 38.5 Å². The Bertz CT molecular complexity index is 419. The van der Waals surface area contributed by atoms with E-state index in [9.17, 15) is 0 Å². The third kappa shape index (κ3) is 2.68. The van der Waals surface area contributed by atoms with Gasteiger partial charge in [0.25, 0.3) is 0 Å². The molecule has 1 N–H and O–H groups in total. The topological polar surface area (TPSA) is 12.0 Å². The van der Waals surface area contributed by atoms with Crippen molar-refractivity contribution >= 4 is 23.2 Å². The second kappa shape index (κ2) is 5.81. The van der Waals surface area contributed by atoms with Crippen molar-refractivity contribution < 1.29 is 0 Å². The molecule has 1 saturated carbocycles. The van der Waals surface area contributed by atoms with Gasteiger partial charge in [0.15, 0.2) is 0 Å². The molecule has 0 bridgehead atoms. The summed E-state index contributed by atoms with van der Waals surface area (Å²) in [5, 5.41) is 5.08. The normalized spacial score (nSPS) is 26.3. The zero-order chi connectivity index (χ0) is 13.2. The molecule has 0 heterocycles. The van der Waals surface area contributed by atoms with Crippen LogP contribution in [0.2, 0.25) is 10.0 Å². The fourth-order valence-electron chi connectivity index (χ4n) is 2.94. The van der Waals surface area contributed by atoms with Crippen molar-refractivity contribution in [2.24, 2.45) is 5.92 Å². The third-order valence-corrected chi connectivity index (χ3v) is 4.61. The van der Waals surface area contributed by atoms with Gasteiger partial charge >= 0.3 is 0 Å². The average Bonchev–Trinajstić information content (AvgIpc) is 3.04. The second-order valence-electron chi connectivity index (χ2n) is 5.27. The lowest BCUT2D eigenvalue weighted by atomic mass is 9.92. The summed E-state index contributed by atoms with van der Waals surface area (Å²) in [6.45, 7) is 6.55. The van der Waals surface area contributed by atoms with Gasteiger partial charge in [0.05, 0.1) is 0 Å². The summed E-state index contributed by atoms with van der Waals surface area (Å²) >= 11 is 12.4. The molecule has 0 saturated heterocycles. The molecule has 1 nitrogen and oxygen atoms in total. The van der Waals surface area contributed by atoms with E-state index in [1.54, 1.807) is 0 Å². The Morgan fingerprint density at radius 2 is 2.11 bits per heavy atom. The fraction of sp³-hybridized carbons (Fsp3) is 0.600. The first-order chi connectivity index (χ1) is 8.64. The SMILES string of the molecule is CCCNCC1(c2ccc(Cl)cc2Cl)CC1CC. The zero-order valence-corrected chi connectivity index (χ0v) is 12.6. The van der Waals surface area contributed by atoms with Gasteiger partial charge in [-0.1, -0.05) is 49.5 Å². The highest BCUT2D eigenvalue weighted by Gasteiger charge is 2.54. The quantitative estimate of drug-likeness (QED) is 0.750. The zero-order valence-electron chi connectivity index (χ0n) is 11.1. The molecule has 18 heavy (non-hydrogen) atoms. The fourth-order valence-corrected chi connectivity index (χ4v) is 3.54. The summed E-state index contributed by atoms with van der Waals surface area (Å²) in [5.41, 5.74) is 1.51. The van der Waals surface area contributed by atoms with Crippen LogP contribution in [-0.4, -0.2) is 13.1 Å². The van der Waals surface area contributed by atoms with Gasteiger partial charge in [0.1, 0.15) is 0 Å². The molecule has 0 aromatic heterocycles. The Labute approximate surface area is 120 Å². The Hall–Kier alpha value is -0.240. The lowest BCUT2D eigenvalue weighted by Crippen LogP contribution is -2.29. The molecule has 3 heteroatoms. The van der Waals surface area contributed by atoms with E-state index in [-0.39, 0.29) is 5.41 Å². The van der Waals surface area contributed by atoms with Crippen molar-refractivity contribution in [3.8, 4) is 0 Å². The molecule has 1 aliphatic carbocycles. The molecule has 1 aromatic rings. The van der Waals surface area contributed by atoms with Crippen LogP contribution in [-0.2, 0) is 5.41 Å². The van der Waals surface area contributed by atoms with Crippen LogP contribution in [0.4, 0.5) is 0 Å². The van der Waals surface area contributed by atoms with Crippen LogP contribution >= 0.6 is 23.2 Å². The Morgan fingerprint density at radius 3 is 2.67 bits per heavy atom. The van der Waals surface area contributed by atoms with Crippen LogP contribution in [0.25, 0.3) is 0 Å². The smallest absolute Gasteiger partial charge is 0.0459 e. The Balaban J connectivity index is 2.20. The number of rotatable bonds is 6. The molecule has 2 unspecified atom stereocenters. The van der Waals surface area contributed by atoms with Crippen molar-refractivity contribution in [3.05, 3.63) is 33.8 Å². The van der Waals surface area contributed by atoms with Gasteiger partial charge in [0.2, 0.25) is 0 Å². The first-order valence-corrected chi connectivity index (χ1v) is 7.56. The molecule has 0 amide bonds. The number of hydrogen-bond acceptors (Lipinski definition) is 1. The van der Waals surface area contributed by atoms with E-state index in [1.807, 2.05) is 12.1 Å². The maximum absolute atomic E-state index is 6.38. The highest BCUT2D eigenvalue weighted by molar-refractivity contribution is 6.35. The average molecular weight is 286 g/mol. The van der Waals surface area contributed by atoms with Gasteiger partial charge in [-0.3, -0.25) is 0 Å². The van der Waals surface area contributed by atoms with E-state index in [0.29, 0.717) is 5.02 Å². The van der Waals surface area contributed by atoms with Gasteiger partial charge < -0.3 is 5.32 Å². The van der Waals surface area contributed by atoms with Crippen LogP contribution in [0.1, 0.15) is 38.7 Å². The Morgan fingerprint density at radius 1 is 1.33 bits per heavy atom. The van der Waals surface area contributed by atoms with E-state index in [2.05, 4.69) is 25.2 Å². The monoisotopic (exact) mass is 285 g/mol. The van der Waals surface area contributed by atoms with Crippen LogP contribution < -0.4 is 5.32 Å². The summed E-state index contributed by atoms with van der Waals surface area (Å²) in [7, 11) is 0. The van der Waals surface area contributed by atoms with Crippen molar-refractivity contribution in [1.82, 2.24) is 5.32 Å². The van der Waals surface area contributed by atoms with Gasteiger partial charge in [-0.2, -0.15) is 0 Å². The second-order valence-corrected chi connectivity index (χ2v) is 6.11. The molecule has 1 fully saturated rings. The van der Waals surface area contributed by atoms with Gasteiger partial charge in [-0.05, 0) is 43.0 Å². The molecular weight excluding hydrogens is 265 g/mol. The molecule has 2 atom stereocenters. The summed E-state index contributed by atoms with van der Waals surface area (Å²) in [6, 6.07) is 5.92. The molecule has 100 valence electrons. The van der Waals surface area contributed by atoms with E-state index >= 15 is 0 Å². The number of hydrogen-bond donors (Lipinski definition) is 1. The maximum atomic E-state index is 6.38. The maximum Gasteiger partial charge on any atom is 0.0459 e. The minimum atomic E-state index is 0.242. The minimum Gasteiger partial charge on any atom is -0.316 e. The molecule has 1 aromatic carbocycles. The van der Waals surface area contributed by atoms with E-state index in [4.69, 9.17) is 23.2 Å². The van der Waals surface area contributed by atoms with Crippen molar-refractivity contribution in [1.29, 1.82) is 0 Å². The minimum absolute atomic E-state index is 0.242. The highest BCUT2D eigenvalue weighted by Crippen LogP contribution is 2.57. The predicted molar refractivity (Wildman–Crippen MR) is 79.7 cm³/mol. The molecule has 1 aliphatic rings. The molecule has 0 spiro atoms. The third-order valence-electron chi connectivity index (χ3n) is 4.06. The molecule has 0 radical (unpaired) electrons. The number of halogens is 2. The lowest BCUT2D eigenvalue weighted by Gasteiger charge is -2.20. The summed E-state index contributed by atoms with van der Waals surface area (Å²) < 4.78 is 0. The summed E-state index contributed by atoms with van der Waals surface area (Å²) in [6.07, 6.45) is 3.62. The van der Waals surface area contributed by atoms with Crippen LogP contribution in [0.15, 0.2) is 18.2 Å². The van der Waals surface area contributed by atoms with Crippen LogP contribution in [0, 0.1) is 5.92 Å². The largest absolute Gasteiger partial charge is 0.316 e. The van der Waals surface area contributed by atoms with Crippen molar-refractivity contribution in [3.63, 3.8) is 0 Å². The van der Waals surface area contributed by atoms with Gasteiger partial charge in [0, 0.05) is 22.0 Å². The van der Waals surface area contributed by atoms with Crippen molar-refractivity contribution in [2.75, 3.05) is 13.1 Å². The van der Waals surface area contributed by atoms with E-state index < -0.39 is 0 Å². The lowest BCUT2D eigenvalue weighted by molar-refractivity contribution is 0.523. The van der Waals surface area contributed by atoms with E-state index in [1.165, 1.54) is 24.8 Å². The number of nitrogens with one attached hydrogen (secondary N) is 1. The highest BCUT2D eigenvalue weighted by atomic mass is 35.5. The number of benzene rings is 1. The molecule has 0 aliphatic heterocycles. The van der Waals surface area contributed by atoms with Gasteiger partial charge in [-0.15, -0.1) is 0 Å². The molecule has 2 rings (SSSR count). The summed E-state index contributed by atoms with van der Waals surface area (Å²) in [4.78, 5) is 0. The first kappa shape index (κ1) is 14.2. The van der Waals surface area contributed by atoms with Gasteiger partial charge in [-0.25, -0.2) is 0 Å². The van der Waals surface area contributed by atoms with Crippen LogP contribution in [0.3, 0.4) is 0 Å². The predicted octanol–water partition coefficient (Wildman–Crippen LogP) is 4.66. The first-order valence-electron chi connectivity index (χ1n) is 6.80. The van der Waals surface area contributed by atoms with E-state index in [0.717, 1.165) is 24.0 Å². The van der Waals surface area contributed by atoms with Crippen LogP contribution in [0.5, 0.6) is 0 Å². The standard InChI is InChI=1S/C15H21Cl2N/c1-3-7-18-10-15(9-11(15)4-2)13-6-5-12(16)8-14(13)17/h5-6,8,11,18H,3-4,7,9-10H2,1-2H3. The molecular formula is C15H21Cl2N.